The molecule has 10 rings (SSSR count). The van der Waals surface area contributed by atoms with Crippen LogP contribution in [0.3, 0.4) is 0 Å². The average molecular weight is 913 g/mol. The molecule has 2 saturated heterocycles. The molecule has 0 aliphatic carbocycles. The molecule has 0 spiro atoms. The average Bonchev–Trinajstić information content (AvgIpc) is 4.07. The first-order valence-electron chi connectivity index (χ1n) is 23.6. The zero-order valence-corrected chi connectivity index (χ0v) is 38.0. The molecule has 0 saturated carbocycles. The van der Waals surface area contributed by atoms with Crippen LogP contribution in [0.5, 0.6) is 34.5 Å². The highest BCUT2D eigenvalue weighted by molar-refractivity contribution is 5.53. The monoisotopic (exact) mass is 912 g/mol. The number of ether oxygens (including phenoxy) is 4. The van der Waals surface area contributed by atoms with Gasteiger partial charge in [-0.15, -0.1) is 0 Å². The Morgan fingerprint density at radius 2 is 0.910 bits per heavy atom. The number of hydrogen-bond donors (Lipinski definition) is 2. The van der Waals surface area contributed by atoms with Gasteiger partial charge in [-0.25, -0.2) is 0 Å². The van der Waals surface area contributed by atoms with Gasteiger partial charge in [0.1, 0.15) is 47.7 Å². The molecule has 2 fully saturated rings. The van der Waals surface area contributed by atoms with E-state index in [0.717, 1.165) is 84.4 Å². The number of alkyl halides is 3. The van der Waals surface area contributed by atoms with E-state index in [2.05, 4.69) is 65.3 Å². The van der Waals surface area contributed by atoms with Gasteiger partial charge in [-0.2, -0.15) is 13.2 Å². The molecule has 0 bridgehead atoms. The number of hydrogen-bond acceptors (Lipinski definition) is 8. The topological polar surface area (TPSA) is 83.9 Å². The fourth-order valence-electron chi connectivity index (χ4n) is 10.1. The van der Waals surface area contributed by atoms with Crippen LogP contribution >= 0.6 is 0 Å². The van der Waals surface area contributed by atoms with Gasteiger partial charge in [-0.05, 0) is 130 Å². The molecule has 0 unspecified atom stereocenters. The molecule has 6 aromatic rings. The van der Waals surface area contributed by atoms with E-state index in [0.29, 0.717) is 25.6 Å². The number of phenols is 2. The van der Waals surface area contributed by atoms with Gasteiger partial charge in [-0.1, -0.05) is 78.4 Å². The Morgan fingerprint density at radius 3 is 1.31 bits per heavy atom. The van der Waals surface area contributed by atoms with Gasteiger partial charge in [0, 0.05) is 60.0 Å². The standard InChI is InChI=1S/C28H28F3NO3.C28H31NO3/c29-28(30,31)21-7-3-19(4-8-21)25-18-35-26-17-22(33)9-12-24(26)27(25)20-5-10-23(11-6-20)34-16-15-32-13-1-2-14-32;1-20-4-6-21(7-5-20)26-19-32-27-18-23(30)10-13-25(27)28(26)22-8-11-24(12-9-22)31-17-16-29-14-2-3-15-29/h3-12,17,25,27,33H,1-2,13-16,18H2;4-13,18,26,28,30H,2-3,14-17,19H2,1H3/t25-,27-;26-,28-/m00/s1. The Hall–Kier alpha value is -6.17. The smallest absolute Gasteiger partial charge is 0.416 e. The highest BCUT2D eigenvalue weighted by Crippen LogP contribution is 2.49. The molecule has 2 N–H and O–H groups in total. The van der Waals surface area contributed by atoms with E-state index in [9.17, 15) is 23.4 Å². The van der Waals surface area contributed by atoms with Crippen molar-refractivity contribution < 1.29 is 42.3 Å². The van der Waals surface area contributed by atoms with E-state index in [1.807, 2.05) is 36.4 Å². The van der Waals surface area contributed by atoms with Crippen LogP contribution in [0.4, 0.5) is 13.2 Å². The zero-order valence-electron chi connectivity index (χ0n) is 38.0. The van der Waals surface area contributed by atoms with Gasteiger partial charge in [0.25, 0.3) is 0 Å². The molecular weight excluding hydrogens is 854 g/mol. The summed E-state index contributed by atoms with van der Waals surface area (Å²) in [7, 11) is 0. The summed E-state index contributed by atoms with van der Waals surface area (Å²) in [5, 5.41) is 19.9. The molecule has 11 heteroatoms. The van der Waals surface area contributed by atoms with Gasteiger partial charge in [0.2, 0.25) is 0 Å². The van der Waals surface area contributed by atoms with Crippen LogP contribution in [0.25, 0.3) is 0 Å². The SMILES string of the molecule is Cc1ccc([C@@H]2COc3cc(O)ccc3[C@@H]2c2ccc(OCCN3CCCC3)cc2)cc1.Oc1ccc2c(c1)OC[C@@H](c1ccc(C(F)(F)F)cc1)[C@H]2c1ccc(OCCN2CCCC2)cc1. The number of likely N-dealkylation sites (tertiary alicyclic amines) is 2. The summed E-state index contributed by atoms with van der Waals surface area (Å²) >= 11 is 0. The molecular formula is C56H59F3N2O6. The quantitative estimate of drug-likeness (QED) is 0.126. The van der Waals surface area contributed by atoms with Crippen molar-refractivity contribution >= 4 is 0 Å². The zero-order chi connectivity index (χ0) is 46.3. The predicted molar refractivity (Wildman–Crippen MR) is 254 cm³/mol. The summed E-state index contributed by atoms with van der Waals surface area (Å²) in [6.45, 7) is 10.9. The normalized spacial score (nSPS) is 20.4. The third-order valence-corrected chi connectivity index (χ3v) is 13.7. The lowest BCUT2D eigenvalue weighted by atomic mass is 9.75. The Bertz CT molecular complexity index is 2540. The van der Waals surface area contributed by atoms with Gasteiger partial charge in [-0.3, -0.25) is 9.80 Å². The molecule has 0 amide bonds. The van der Waals surface area contributed by atoms with Crippen molar-refractivity contribution in [3.05, 3.63) is 178 Å². The lowest BCUT2D eigenvalue weighted by molar-refractivity contribution is -0.137. The van der Waals surface area contributed by atoms with E-state index in [-0.39, 0.29) is 35.2 Å². The fraction of sp³-hybridized carbons (Fsp3) is 0.357. The molecule has 4 heterocycles. The van der Waals surface area contributed by atoms with Crippen molar-refractivity contribution in [2.75, 3.05) is 65.7 Å². The maximum atomic E-state index is 13.1. The van der Waals surface area contributed by atoms with Gasteiger partial charge in [0.05, 0.1) is 18.8 Å². The minimum absolute atomic E-state index is 0.109. The number of benzene rings is 6. The van der Waals surface area contributed by atoms with Crippen molar-refractivity contribution in [1.82, 2.24) is 9.80 Å². The third kappa shape index (κ3) is 11.2. The minimum Gasteiger partial charge on any atom is -0.508 e. The number of aryl methyl sites for hydroxylation is 1. The van der Waals surface area contributed by atoms with Crippen LogP contribution < -0.4 is 18.9 Å². The van der Waals surface area contributed by atoms with Gasteiger partial charge >= 0.3 is 6.18 Å². The first-order valence-corrected chi connectivity index (χ1v) is 23.6. The molecule has 8 nitrogen and oxygen atoms in total. The van der Waals surface area contributed by atoms with Crippen molar-refractivity contribution in [3.8, 4) is 34.5 Å². The van der Waals surface area contributed by atoms with Gasteiger partial charge < -0.3 is 29.2 Å². The number of fused-ring (bicyclic) bond motifs is 2. The van der Waals surface area contributed by atoms with E-state index >= 15 is 0 Å². The van der Waals surface area contributed by atoms with Crippen molar-refractivity contribution in [1.29, 1.82) is 0 Å². The molecule has 4 aliphatic heterocycles. The van der Waals surface area contributed by atoms with Crippen LogP contribution in [0.2, 0.25) is 0 Å². The Morgan fingerprint density at radius 1 is 0.522 bits per heavy atom. The second kappa shape index (κ2) is 20.8. The Labute approximate surface area is 391 Å². The predicted octanol–water partition coefficient (Wildman–Crippen LogP) is 11.7. The van der Waals surface area contributed by atoms with E-state index in [4.69, 9.17) is 18.9 Å². The summed E-state index contributed by atoms with van der Waals surface area (Å²) in [5.74, 6) is 3.43. The molecule has 4 atom stereocenters. The molecule has 0 radical (unpaired) electrons. The molecule has 350 valence electrons. The van der Waals surface area contributed by atoms with Crippen LogP contribution in [0, 0.1) is 6.92 Å². The Balaban J connectivity index is 0.000000169. The number of halogens is 3. The van der Waals surface area contributed by atoms with Crippen LogP contribution in [0.1, 0.15) is 93.9 Å². The molecule has 6 aromatic carbocycles. The summed E-state index contributed by atoms with van der Waals surface area (Å²) in [6.07, 6.45) is 0.733. The highest BCUT2D eigenvalue weighted by atomic mass is 19.4. The fourth-order valence-corrected chi connectivity index (χ4v) is 10.1. The van der Waals surface area contributed by atoms with Crippen molar-refractivity contribution in [3.63, 3.8) is 0 Å². The van der Waals surface area contributed by atoms with Crippen LogP contribution in [-0.4, -0.2) is 85.7 Å². The molecule has 4 aliphatic rings. The van der Waals surface area contributed by atoms with Crippen molar-refractivity contribution in [2.45, 2.75) is 62.5 Å². The van der Waals surface area contributed by atoms with E-state index in [1.54, 1.807) is 24.3 Å². The largest absolute Gasteiger partial charge is 0.508 e. The number of rotatable bonds is 12. The van der Waals surface area contributed by atoms with Crippen LogP contribution in [0.15, 0.2) is 133 Å². The number of nitrogens with zero attached hydrogens (tertiary/aromatic N) is 2. The van der Waals surface area contributed by atoms with Crippen LogP contribution in [-0.2, 0) is 6.18 Å². The highest BCUT2D eigenvalue weighted by Gasteiger charge is 2.36. The first kappa shape index (κ1) is 46.0. The molecule has 0 aromatic heterocycles. The maximum Gasteiger partial charge on any atom is 0.416 e. The molecule has 67 heavy (non-hydrogen) atoms. The minimum atomic E-state index is -4.38. The summed E-state index contributed by atoms with van der Waals surface area (Å²) < 4.78 is 63.3. The maximum absolute atomic E-state index is 13.1. The van der Waals surface area contributed by atoms with Gasteiger partial charge in [0.15, 0.2) is 0 Å². The Kier molecular flexibility index (Phi) is 14.3. The van der Waals surface area contributed by atoms with E-state index in [1.165, 1.54) is 67.6 Å². The third-order valence-electron chi connectivity index (χ3n) is 13.7. The first-order chi connectivity index (χ1) is 32.6. The number of aromatic hydroxyl groups is 2. The van der Waals surface area contributed by atoms with E-state index < -0.39 is 11.7 Å². The lowest BCUT2D eigenvalue weighted by Crippen LogP contribution is -2.25. The lowest BCUT2D eigenvalue weighted by Gasteiger charge is -2.34. The summed E-state index contributed by atoms with van der Waals surface area (Å²) in [5.41, 5.74) is 6.87. The summed E-state index contributed by atoms with van der Waals surface area (Å²) in [6, 6.07) is 41.0. The summed E-state index contributed by atoms with van der Waals surface area (Å²) in [4.78, 5) is 4.87. The van der Waals surface area contributed by atoms with Crippen molar-refractivity contribution in [2.24, 2.45) is 0 Å². The number of phenolic OH excluding ortho intramolecular Hbond substituents is 2. The second-order valence-corrected chi connectivity index (χ2v) is 18.2. The second-order valence-electron chi connectivity index (χ2n) is 18.2.